The summed E-state index contributed by atoms with van der Waals surface area (Å²) in [6.45, 7) is 6.47. The quantitative estimate of drug-likeness (QED) is 0.709. The summed E-state index contributed by atoms with van der Waals surface area (Å²) < 4.78 is 3.01. The molecule has 7 heteroatoms. The summed E-state index contributed by atoms with van der Waals surface area (Å²) in [5.41, 5.74) is 1.01. The van der Waals surface area contributed by atoms with E-state index >= 15 is 0 Å². The molecule has 0 aliphatic heterocycles. The van der Waals surface area contributed by atoms with Crippen molar-refractivity contribution in [1.82, 2.24) is 14.5 Å². The number of thiophene rings is 1. The Bertz CT molecular complexity index is 1090. The Morgan fingerprint density at radius 3 is 2.63 bits per heavy atom. The molecule has 0 spiro atoms. The van der Waals surface area contributed by atoms with Gasteiger partial charge >= 0.3 is 5.69 Å². The van der Waals surface area contributed by atoms with Crippen LogP contribution < -0.4 is 16.6 Å². The van der Waals surface area contributed by atoms with Crippen LogP contribution in [0, 0.1) is 12.8 Å². The molecule has 1 amide bonds. The normalized spacial score (nSPS) is 11.3. The molecule has 0 saturated heterocycles. The fourth-order valence-corrected chi connectivity index (χ4v) is 3.79. The van der Waals surface area contributed by atoms with Crippen LogP contribution in [-0.2, 0) is 11.3 Å². The molecule has 6 nitrogen and oxygen atoms in total. The fraction of sp³-hybridized carbons (Fsp3) is 0.350. The molecule has 142 valence electrons. The van der Waals surface area contributed by atoms with Crippen molar-refractivity contribution in [2.24, 2.45) is 5.92 Å². The predicted molar refractivity (Wildman–Crippen MR) is 109 cm³/mol. The SMILES string of the molecule is Cc1ccccc1-n1c(=O)c2sccc2n(CC(=O)NCCC(C)C)c1=O. The van der Waals surface area contributed by atoms with Gasteiger partial charge in [0, 0.05) is 6.54 Å². The number of rotatable bonds is 6. The first kappa shape index (κ1) is 19.1. The van der Waals surface area contributed by atoms with Crippen molar-refractivity contribution in [2.75, 3.05) is 6.54 Å². The summed E-state index contributed by atoms with van der Waals surface area (Å²) in [7, 11) is 0. The number of benzene rings is 1. The van der Waals surface area contributed by atoms with Crippen molar-refractivity contribution >= 4 is 27.5 Å². The smallest absolute Gasteiger partial charge is 0.336 e. The van der Waals surface area contributed by atoms with Gasteiger partial charge in [0.25, 0.3) is 5.56 Å². The van der Waals surface area contributed by atoms with E-state index in [1.807, 2.05) is 19.1 Å². The van der Waals surface area contributed by atoms with Gasteiger partial charge in [0.15, 0.2) is 0 Å². The van der Waals surface area contributed by atoms with Crippen molar-refractivity contribution in [3.8, 4) is 5.69 Å². The average molecular weight is 385 g/mol. The molecule has 3 aromatic rings. The van der Waals surface area contributed by atoms with Gasteiger partial charge in [0.2, 0.25) is 5.91 Å². The van der Waals surface area contributed by atoms with E-state index in [0.717, 1.165) is 16.6 Å². The molecule has 0 atom stereocenters. The molecule has 0 radical (unpaired) electrons. The molecule has 0 aliphatic carbocycles. The summed E-state index contributed by atoms with van der Waals surface area (Å²) in [6, 6.07) is 8.95. The number of fused-ring (bicyclic) bond motifs is 1. The number of carbonyl (C=O) groups is 1. The second-order valence-electron chi connectivity index (χ2n) is 6.96. The van der Waals surface area contributed by atoms with E-state index in [0.29, 0.717) is 28.4 Å². The van der Waals surface area contributed by atoms with Crippen LogP contribution in [0.3, 0.4) is 0 Å². The van der Waals surface area contributed by atoms with Crippen molar-refractivity contribution in [1.29, 1.82) is 0 Å². The first-order valence-corrected chi connectivity index (χ1v) is 9.84. The number of hydrogen-bond donors (Lipinski definition) is 1. The molecule has 0 bridgehead atoms. The van der Waals surface area contributed by atoms with Gasteiger partial charge in [-0.25, -0.2) is 9.36 Å². The molecule has 0 unspecified atom stereocenters. The van der Waals surface area contributed by atoms with Crippen LogP contribution >= 0.6 is 11.3 Å². The number of para-hydroxylation sites is 1. The van der Waals surface area contributed by atoms with Crippen molar-refractivity contribution in [3.05, 3.63) is 62.1 Å². The Kier molecular flexibility index (Phi) is 5.60. The summed E-state index contributed by atoms with van der Waals surface area (Å²) in [5, 5.41) is 4.61. The third-order valence-electron chi connectivity index (χ3n) is 4.46. The van der Waals surface area contributed by atoms with Gasteiger partial charge in [-0.3, -0.25) is 14.2 Å². The lowest BCUT2D eigenvalue weighted by molar-refractivity contribution is -0.121. The number of carbonyl (C=O) groups excluding carboxylic acids is 1. The zero-order valence-corrected chi connectivity index (χ0v) is 16.5. The van der Waals surface area contributed by atoms with Gasteiger partial charge in [0.1, 0.15) is 11.2 Å². The number of amides is 1. The highest BCUT2D eigenvalue weighted by molar-refractivity contribution is 7.17. The lowest BCUT2D eigenvalue weighted by Gasteiger charge is -2.14. The molecule has 2 heterocycles. The van der Waals surface area contributed by atoms with E-state index in [-0.39, 0.29) is 18.0 Å². The fourth-order valence-electron chi connectivity index (χ4n) is 2.97. The minimum Gasteiger partial charge on any atom is -0.355 e. The molecular formula is C20H23N3O3S. The van der Waals surface area contributed by atoms with Gasteiger partial charge in [0.05, 0.1) is 11.2 Å². The number of nitrogens with one attached hydrogen (secondary N) is 1. The van der Waals surface area contributed by atoms with Crippen LogP contribution in [0.5, 0.6) is 0 Å². The maximum Gasteiger partial charge on any atom is 0.336 e. The standard InChI is InChI=1S/C20H23N3O3S/c1-13(2)8-10-21-17(24)12-22-16-9-11-27-18(16)19(25)23(20(22)26)15-7-5-4-6-14(15)3/h4-7,9,11,13H,8,10,12H2,1-3H3,(H,21,24). The number of aromatic nitrogens is 2. The molecule has 2 aromatic heterocycles. The Labute approximate surface area is 161 Å². The zero-order valence-electron chi connectivity index (χ0n) is 15.7. The van der Waals surface area contributed by atoms with Crippen LogP contribution in [0.1, 0.15) is 25.8 Å². The van der Waals surface area contributed by atoms with Gasteiger partial charge in [-0.1, -0.05) is 32.0 Å². The Hall–Kier alpha value is -2.67. The lowest BCUT2D eigenvalue weighted by Crippen LogP contribution is -2.41. The van der Waals surface area contributed by atoms with Gasteiger partial charge in [-0.2, -0.15) is 0 Å². The molecular weight excluding hydrogens is 362 g/mol. The highest BCUT2D eigenvalue weighted by Gasteiger charge is 2.18. The van der Waals surface area contributed by atoms with Crippen LogP contribution in [0.4, 0.5) is 0 Å². The molecule has 27 heavy (non-hydrogen) atoms. The number of aryl methyl sites for hydroxylation is 1. The van der Waals surface area contributed by atoms with Crippen LogP contribution in [-0.4, -0.2) is 21.6 Å². The summed E-state index contributed by atoms with van der Waals surface area (Å²) in [5.74, 6) is 0.250. The van der Waals surface area contributed by atoms with Crippen molar-refractivity contribution in [3.63, 3.8) is 0 Å². The second-order valence-corrected chi connectivity index (χ2v) is 7.88. The van der Waals surface area contributed by atoms with E-state index in [4.69, 9.17) is 0 Å². The number of hydrogen-bond acceptors (Lipinski definition) is 4. The molecule has 1 aromatic carbocycles. The maximum absolute atomic E-state index is 13.1. The first-order chi connectivity index (χ1) is 12.9. The third kappa shape index (κ3) is 3.88. The second kappa shape index (κ2) is 7.92. The van der Waals surface area contributed by atoms with E-state index < -0.39 is 5.69 Å². The summed E-state index contributed by atoms with van der Waals surface area (Å²) in [6.07, 6.45) is 0.872. The Morgan fingerprint density at radius 2 is 1.93 bits per heavy atom. The van der Waals surface area contributed by atoms with Crippen LogP contribution in [0.25, 0.3) is 15.9 Å². The lowest BCUT2D eigenvalue weighted by atomic mass is 10.1. The highest BCUT2D eigenvalue weighted by atomic mass is 32.1. The van der Waals surface area contributed by atoms with E-state index in [9.17, 15) is 14.4 Å². The Morgan fingerprint density at radius 1 is 1.19 bits per heavy atom. The van der Waals surface area contributed by atoms with Crippen LogP contribution in [0.15, 0.2) is 45.3 Å². The largest absolute Gasteiger partial charge is 0.355 e. The highest BCUT2D eigenvalue weighted by Crippen LogP contribution is 2.17. The van der Waals surface area contributed by atoms with Crippen LogP contribution in [0.2, 0.25) is 0 Å². The summed E-state index contributed by atoms with van der Waals surface area (Å²) in [4.78, 5) is 38.4. The minimum atomic E-state index is -0.501. The van der Waals surface area contributed by atoms with Gasteiger partial charge in [-0.15, -0.1) is 11.3 Å². The summed E-state index contributed by atoms with van der Waals surface area (Å²) >= 11 is 1.28. The molecule has 0 saturated carbocycles. The Balaban J connectivity index is 2.07. The van der Waals surface area contributed by atoms with E-state index in [1.165, 1.54) is 15.9 Å². The van der Waals surface area contributed by atoms with Gasteiger partial charge in [-0.05, 0) is 42.3 Å². The molecule has 3 rings (SSSR count). The zero-order chi connectivity index (χ0) is 19.6. The predicted octanol–water partition coefficient (Wildman–Crippen LogP) is 2.68. The first-order valence-electron chi connectivity index (χ1n) is 8.96. The molecule has 0 fully saturated rings. The molecule has 0 aliphatic rings. The minimum absolute atomic E-state index is 0.115. The topological polar surface area (TPSA) is 73.1 Å². The molecule has 1 N–H and O–H groups in total. The maximum atomic E-state index is 13.1. The van der Waals surface area contributed by atoms with E-state index in [2.05, 4.69) is 19.2 Å². The third-order valence-corrected chi connectivity index (χ3v) is 5.35. The number of nitrogens with zero attached hydrogens (tertiary/aromatic N) is 2. The van der Waals surface area contributed by atoms with Crippen molar-refractivity contribution < 1.29 is 4.79 Å². The monoisotopic (exact) mass is 385 g/mol. The van der Waals surface area contributed by atoms with Crippen molar-refractivity contribution in [2.45, 2.75) is 33.7 Å². The average Bonchev–Trinajstić information content (AvgIpc) is 3.10. The van der Waals surface area contributed by atoms with E-state index in [1.54, 1.807) is 23.6 Å². The van der Waals surface area contributed by atoms with Gasteiger partial charge < -0.3 is 5.32 Å².